The van der Waals surface area contributed by atoms with Gasteiger partial charge in [0.15, 0.2) is 11.5 Å². The molecule has 1 atom stereocenters. The maximum absolute atomic E-state index is 13.0. The Balaban J connectivity index is 2.15. The number of allylic oxidation sites excluding steroid dienone is 1. The van der Waals surface area contributed by atoms with Crippen molar-refractivity contribution in [2.45, 2.75) is 32.7 Å². The van der Waals surface area contributed by atoms with Crippen molar-refractivity contribution in [1.82, 2.24) is 20.2 Å². The highest BCUT2D eigenvalue weighted by molar-refractivity contribution is 5.92. The van der Waals surface area contributed by atoms with Crippen molar-refractivity contribution in [2.24, 2.45) is 0 Å². The number of nitrogens with one attached hydrogen (secondary N) is 1. The van der Waals surface area contributed by atoms with E-state index in [1.807, 2.05) is 6.92 Å². The monoisotopic (exact) mass is 403 g/mol. The zero-order valence-corrected chi connectivity index (χ0v) is 17.2. The zero-order valence-electron chi connectivity index (χ0n) is 17.2. The first-order chi connectivity index (χ1) is 14.1. The van der Waals surface area contributed by atoms with E-state index < -0.39 is 12.0 Å². The van der Waals surface area contributed by atoms with Crippen molar-refractivity contribution >= 4 is 11.9 Å². The fourth-order valence-electron chi connectivity index (χ4n) is 3.29. The Morgan fingerprint density at radius 1 is 1.17 bits per heavy atom. The number of esters is 1. The highest BCUT2D eigenvalue weighted by Gasteiger charge is 2.37. The van der Waals surface area contributed by atoms with Crippen LogP contribution in [0.25, 0.3) is 0 Å². The summed E-state index contributed by atoms with van der Waals surface area (Å²) in [5.74, 6) is 1.32. The van der Waals surface area contributed by atoms with Crippen LogP contribution in [0.3, 0.4) is 0 Å². The number of benzene rings is 1. The number of anilines is 1. The number of fused-ring (bicyclic) bond motifs is 1. The number of aromatic nitrogens is 4. The quantitative estimate of drug-likeness (QED) is 0.524. The van der Waals surface area contributed by atoms with Gasteiger partial charge in [-0.3, -0.25) is 0 Å². The van der Waals surface area contributed by atoms with E-state index in [0.717, 1.165) is 12.8 Å². The molecule has 1 aliphatic heterocycles. The Morgan fingerprint density at radius 3 is 2.59 bits per heavy atom. The van der Waals surface area contributed by atoms with Crippen LogP contribution in [0.5, 0.6) is 17.2 Å². The molecule has 1 N–H and O–H groups in total. The SMILES string of the molecule is CCCCOC(=O)C1=C(C)Nc2nnnn2[C@@H]1c1ccc(OC)c(OC)c1OC. The molecule has 1 aromatic carbocycles. The van der Waals surface area contributed by atoms with Gasteiger partial charge in [0.05, 0.1) is 33.5 Å². The van der Waals surface area contributed by atoms with E-state index >= 15 is 0 Å². The number of hydrogen-bond donors (Lipinski definition) is 1. The van der Waals surface area contributed by atoms with Crippen LogP contribution in [0.2, 0.25) is 0 Å². The minimum absolute atomic E-state index is 0.338. The van der Waals surface area contributed by atoms with E-state index in [2.05, 4.69) is 20.8 Å². The fraction of sp³-hybridized carbons (Fsp3) is 0.474. The molecule has 0 aliphatic carbocycles. The van der Waals surface area contributed by atoms with Gasteiger partial charge in [0.2, 0.25) is 11.7 Å². The van der Waals surface area contributed by atoms with Crippen molar-refractivity contribution in [1.29, 1.82) is 0 Å². The Kier molecular flexibility index (Phi) is 6.20. The summed E-state index contributed by atoms with van der Waals surface area (Å²) in [7, 11) is 4.59. The van der Waals surface area contributed by atoms with Crippen LogP contribution < -0.4 is 19.5 Å². The number of ether oxygens (including phenoxy) is 4. The predicted molar refractivity (Wildman–Crippen MR) is 104 cm³/mol. The Hall–Kier alpha value is -3.30. The molecule has 0 spiro atoms. The number of carbonyl (C=O) groups excluding carboxylic acids is 1. The molecular formula is C19H25N5O5. The average molecular weight is 403 g/mol. The third-order valence-electron chi connectivity index (χ3n) is 4.69. The molecule has 0 amide bonds. The molecule has 0 saturated heterocycles. The van der Waals surface area contributed by atoms with E-state index in [4.69, 9.17) is 18.9 Å². The second kappa shape index (κ2) is 8.80. The number of nitrogens with zero attached hydrogens (tertiary/aromatic N) is 4. The maximum atomic E-state index is 13.0. The normalized spacial score (nSPS) is 15.4. The molecule has 1 aliphatic rings. The van der Waals surface area contributed by atoms with Crippen LogP contribution in [0.15, 0.2) is 23.4 Å². The van der Waals surface area contributed by atoms with Crippen LogP contribution in [0.4, 0.5) is 5.95 Å². The third-order valence-corrected chi connectivity index (χ3v) is 4.69. The molecule has 0 unspecified atom stereocenters. The van der Waals surface area contributed by atoms with Crippen LogP contribution >= 0.6 is 0 Å². The minimum Gasteiger partial charge on any atom is -0.493 e. The van der Waals surface area contributed by atoms with Gasteiger partial charge in [-0.25, -0.2) is 4.79 Å². The van der Waals surface area contributed by atoms with Gasteiger partial charge >= 0.3 is 5.97 Å². The summed E-state index contributed by atoms with van der Waals surface area (Å²) in [6.07, 6.45) is 1.71. The second-order valence-electron chi connectivity index (χ2n) is 6.43. The molecule has 0 fully saturated rings. The topological polar surface area (TPSA) is 110 Å². The average Bonchev–Trinajstić information content (AvgIpc) is 3.19. The van der Waals surface area contributed by atoms with Crippen molar-refractivity contribution < 1.29 is 23.7 Å². The first kappa shape index (κ1) is 20.4. The lowest BCUT2D eigenvalue weighted by molar-refractivity contribution is -0.139. The number of methoxy groups -OCH3 is 3. The van der Waals surface area contributed by atoms with E-state index in [9.17, 15) is 4.79 Å². The van der Waals surface area contributed by atoms with Gasteiger partial charge in [0.25, 0.3) is 0 Å². The van der Waals surface area contributed by atoms with E-state index in [-0.39, 0.29) is 0 Å². The van der Waals surface area contributed by atoms with Gasteiger partial charge in [-0.05, 0) is 35.9 Å². The van der Waals surface area contributed by atoms with Gasteiger partial charge in [-0.15, -0.1) is 0 Å². The highest BCUT2D eigenvalue weighted by Crippen LogP contribution is 2.46. The number of tetrazole rings is 1. The summed E-state index contributed by atoms with van der Waals surface area (Å²) in [6.45, 7) is 4.16. The Labute approximate surface area is 168 Å². The molecule has 1 aromatic heterocycles. The van der Waals surface area contributed by atoms with Gasteiger partial charge in [0.1, 0.15) is 6.04 Å². The lowest BCUT2D eigenvalue weighted by atomic mass is 9.94. The van der Waals surface area contributed by atoms with E-state index in [0.29, 0.717) is 46.6 Å². The summed E-state index contributed by atoms with van der Waals surface area (Å²) in [5.41, 5.74) is 1.64. The smallest absolute Gasteiger partial charge is 0.338 e. The maximum Gasteiger partial charge on any atom is 0.338 e. The summed E-state index contributed by atoms with van der Waals surface area (Å²) in [5, 5.41) is 14.9. The molecule has 2 aromatic rings. The van der Waals surface area contributed by atoms with Gasteiger partial charge in [-0.2, -0.15) is 4.68 Å². The van der Waals surface area contributed by atoms with Crippen LogP contribution in [-0.2, 0) is 9.53 Å². The number of unbranched alkanes of at least 4 members (excludes halogenated alkanes) is 1. The largest absolute Gasteiger partial charge is 0.493 e. The summed E-state index contributed by atoms with van der Waals surface area (Å²) < 4.78 is 23.5. The van der Waals surface area contributed by atoms with E-state index in [1.54, 1.807) is 26.2 Å². The van der Waals surface area contributed by atoms with Crippen LogP contribution in [-0.4, -0.2) is 54.1 Å². The summed E-state index contributed by atoms with van der Waals surface area (Å²) in [6, 6.07) is 2.89. The minimum atomic E-state index is -0.662. The van der Waals surface area contributed by atoms with Crippen LogP contribution in [0.1, 0.15) is 38.3 Å². The Bertz CT molecular complexity index is 924. The number of carbonyl (C=O) groups is 1. The molecule has 10 heteroatoms. The summed E-state index contributed by atoms with van der Waals surface area (Å²) >= 11 is 0. The molecule has 0 saturated carbocycles. The molecule has 0 bridgehead atoms. The molecule has 29 heavy (non-hydrogen) atoms. The van der Waals surface area contributed by atoms with Crippen molar-refractivity contribution in [3.63, 3.8) is 0 Å². The molecule has 2 heterocycles. The standard InChI is InChI=1S/C19H25N5O5/c1-6-7-10-29-18(25)14-11(2)20-19-21-22-23-24(19)15(14)12-8-9-13(26-3)17(28-5)16(12)27-4/h8-9,15H,6-7,10H2,1-5H3,(H,20,21,23)/t15-/m1/s1. The molecular weight excluding hydrogens is 378 g/mol. The summed E-state index contributed by atoms with van der Waals surface area (Å²) in [4.78, 5) is 13.0. The van der Waals surface area contributed by atoms with Crippen LogP contribution in [0, 0.1) is 0 Å². The highest BCUT2D eigenvalue weighted by atomic mass is 16.5. The fourth-order valence-corrected chi connectivity index (χ4v) is 3.29. The van der Waals surface area contributed by atoms with Crippen molar-refractivity contribution in [2.75, 3.05) is 33.3 Å². The van der Waals surface area contributed by atoms with Crippen molar-refractivity contribution in [3.05, 3.63) is 29.0 Å². The third kappa shape index (κ3) is 3.69. The zero-order chi connectivity index (χ0) is 21.0. The first-order valence-electron chi connectivity index (χ1n) is 9.28. The molecule has 0 radical (unpaired) electrons. The van der Waals surface area contributed by atoms with Gasteiger partial charge in [0, 0.05) is 11.3 Å². The van der Waals surface area contributed by atoms with Gasteiger partial charge in [-0.1, -0.05) is 18.4 Å². The molecule has 3 rings (SSSR count). The van der Waals surface area contributed by atoms with Gasteiger partial charge < -0.3 is 24.3 Å². The number of hydrogen-bond acceptors (Lipinski definition) is 9. The lowest BCUT2D eigenvalue weighted by Crippen LogP contribution is -2.30. The second-order valence-corrected chi connectivity index (χ2v) is 6.43. The molecule has 156 valence electrons. The van der Waals surface area contributed by atoms with E-state index in [1.165, 1.54) is 18.9 Å². The first-order valence-corrected chi connectivity index (χ1v) is 9.28. The van der Waals surface area contributed by atoms with Crippen molar-refractivity contribution in [3.8, 4) is 17.2 Å². The lowest BCUT2D eigenvalue weighted by Gasteiger charge is -2.29. The number of rotatable bonds is 8. The molecule has 10 nitrogen and oxygen atoms in total. The predicted octanol–water partition coefficient (Wildman–Crippen LogP) is 2.33. The Morgan fingerprint density at radius 2 is 1.93 bits per heavy atom.